The third-order valence-corrected chi connectivity index (χ3v) is 3.68. The Labute approximate surface area is 123 Å². The van der Waals surface area contributed by atoms with Gasteiger partial charge in [0.1, 0.15) is 0 Å². The number of morpholine rings is 1. The summed E-state index contributed by atoms with van der Waals surface area (Å²) in [6.45, 7) is 5.60. The van der Waals surface area contributed by atoms with Crippen molar-refractivity contribution in [1.82, 2.24) is 10.2 Å². The van der Waals surface area contributed by atoms with Gasteiger partial charge in [-0.05, 0) is 36.8 Å². The molecule has 0 radical (unpaired) electrons. The van der Waals surface area contributed by atoms with Crippen LogP contribution in [0.4, 0.5) is 5.69 Å². The number of rotatable bonds is 2. The second-order valence-corrected chi connectivity index (χ2v) is 5.23. The van der Waals surface area contributed by atoms with Crippen LogP contribution in [0.5, 0.6) is 0 Å². The monoisotopic (exact) mass is 289 g/mol. The quantitative estimate of drug-likeness (QED) is 0.852. The predicted octanol–water partition coefficient (Wildman–Crippen LogP) is 2.94. The lowest BCUT2D eigenvalue weighted by Gasteiger charge is -2.30. The van der Waals surface area contributed by atoms with E-state index < -0.39 is 0 Å². The van der Waals surface area contributed by atoms with Crippen LogP contribution < -0.4 is 4.90 Å². The van der Waals surface area contributed by atoms with Crippen LogP contribution in [0.2, 0.25) is 5.15 Å². The molecule has 0 unspecified atom stereocenters. The van der Waals surface area contributed by atoms with Crippen molar-refractivity contribution < 1.29 is 4.74 Å². The average Bonchev–Trinajstić information content (AvgIpc) is 2.49. The van der Waals surface area contributed by atoms with E-state index in [1.165, 1.54) is 11.3 Å². The van der Waals surface area contributed by atoms with Gasteiger partial charge >= 0.3 is 0 Å². The Kier molecular flexibility index (Phi) is 3.85. The summed E-state index contributed by atoms with van der Waals surface area (Å²) in [6, 6.07) is 10.0. The molecule has 104 valence electrons. The Balaban J connectivity index is 1.88. The van der Waals surface area contributed by atoms with Gasteiger partial charge in [-0.2, -0.15) is 0 Å². The van der Waals surface area contributed by atoms with Gasteiger partial charge in [0.15, 0.2) is 5.15 Å². The molecule has 0 aliphatic carbocycles. The number of nitrogens with zero attached hydrogens (tertiary/aromatic N) is 3. The highest BCUT2D eigenvalue weighted by Crippen LogP contribution is 2.26. The van der Waals surface area contributed by atoms with Gasteiger partial charge in [-0.1, -0.05) is 17.7 Å². The van der Waals surface area contributed by atoms with Crippen LogP contribution >= 0.6 is 11.6 Å². The van der Waals surface area contributed by atoms with E-state index in [1.807, 2.05) is 6.07 Å². The molecule has 1 aromatic heterocycles. The highest BCUT2D eigenvalue weighted by atomic mass is 35.5. The number of halogens is 1. The number of ether oxygens (including phenoxy) is 1. The van der Waals surface area contributed by atoms with Crippen molar-refractivity contribution in [3.63, 3.8) is 0 Å². The summed E-state index contributed by atoms with van der Waals surface area (Å²) >= 11 is 5.77. The normalized spacial score (nSPS) is 15.4. The third kappa shape index (κ3) is 2.76. The Morgan fingerprint density at radius 2 is 1.90 bits per heavy atom. The molecule has 0 atom stereocenters. The van der Waals surface area contributed by atoms with Crippen molar-refractivity contribution >= 4 is 17.3 Å². The van der Waals surface area contributed by atoms with E-state index >= 15 is 0 Å². The Hall–Kier alpha value is -1.65. The van der Waals surface area contributed by atoms with E-state index in [0.717, 1.165) is 37.6 Å². The summed E-state index contributed by atoms with van der Waals surface area (Å²) in [5.74, 6) is 0. The first-order chi connectivity index (χ1) is 9.74. The fraction of sp³-hybridized carbons (Fsp3) is 0.333. The van der Waals surface area contributed by atoms with E-state index in [0.29, 0.717) is 5.15 Å². The van der Waals surface area contributed by atoms with E-state index in [1.54, 1.807) is 6.07 Å². The fourth-order valence-electron chi connectivity index (χ4n) is 2.44. The largest absolute Gasteiger partial charge is 0.378 e. The number of anilines is 1. The minimum Gasteiger partial charge on any atom is -0.378 e. The summed E-state index contributed by atoms with van der Waals surface area (Å²) in [6.07, 6.45) is 0. The number of aryl methyl sites for hydroxylation is 1. The van der Waals surface area contributed by atoms with Gasteiger partial charge in [-0.3, -0.25) is 0 Å². The first kappa shape index (κ1) is 13.3. The highest BCUT2D eigenvalue weighted by molar-refractivity contribution is 6.29. The number of aromatic nitrogens is 2. The van der Waals surface area contributed by atoms with Gasteiger partial charge in [-0.25, -0.2) is 0 Å². The van der Waals surface area contributed by atoms with E-state index in [2.05, 4.69) is 40.2 Å². The van der Waals surface area contributed by atoms with Crippen molar-refractivity contribution in [2.75, 3.05) is 31.2 Å². The molecule has 4 nitrogen and oxygen atoms in total. The molecule has 1 aliphatic rings. The van der Waals surface area contributed by atoms with Gasteiger partial charge in [0.05, 0.1) is 18.9 Å². The van der Waals surface area contributed by atoms with Gasteiger partial charge in [-0.15, -0.1) is 10.2 Å². The predicted molar refractivity (Wildman–Crippen MR) is 80.2 cm³/mol. The molecule has 1 aliphatic heterocycles. The van der Waals surface area contributed by atoms with Crippen molar-refractivity contribution in [2.45, 2.75) is 6.92 Å². The lowest BCUT2D eigenvalue weighted by atomic mass is 10.1. The summed E-state index contributed by atoms with van der Waals surface area (Å²) in [4.78, 5) is 2.36. The second-order valence-electron chi connectivity index (χ2n) is 4.84. The van der Waals surface area contributed by atoms with Crippen LogP contribution in [0.25, 0.3) is 11.3 Å². The number of hydrogen-bond acceptors (Lipinski definition) is 4. The molecule has 1 saturated heterocycles. The zero-order valence-electron chi connectivity index (χ0n) is 11.3. The Morgan fingerprint density at radius 3 is 2.55 bits per heavy atom. The van der Waals surface area contributed by atoms with Crippen LogP contribution in [-0.2, 0) is 4.74 Å². The number of benzene rings is 1. The molecule has 2 aromatic rings. The molecule has 0 spiro atoms. The SMILES string of the molecule is Cc1cc(-c2ccc(Cl)nn2)ccc1N1CCOCC1. The maximum atomic E-state index is 5.77. The van der Waals surface area contributed by atoms with Crippen LogP contribution in [0.1, 0.15) is 5.56 Å². The number of hydrogen-bond donors (Lipinski definition) is 0. The fourth-order valence-corrected chi connectivity index (χ4v) is 2.54. The Bertz CT molecular complexity index is 595. The first-order valence-corrected chi connectivity index (χ1v) is 7.05. The van der Waals surface area contributed by atoms with Gasteiger partial charge < -0.3 is 9.64 Å². The lowest BCUT2D eigenvalue weighted by molar-refractivity contribution is 0.122. The zero-order chi connectivity index (χ0) is 13.9. The van der Waals surface area contributed by atoms with Gasteiger partial charge in [0.25, 0.3) is 0 Å². The maximum Gasteiger partial charge on any atom is 0.151 e. The van der Waals surface area contributed by atoms with Crippen molar-refractivity contribution in [3.05, 3.63) is 41.0 Å². The van der Waals surface area contributed by atoms with Crippen LogP contribution in [0.3, 0.4) is 0 Å². The standard InChI is InChI=1S/C15H16ClN3O/c1-11-10-12(13-3-5-15(16)18-17-13)2-4-14(11)19-6-8-20-9-7-19/h2-5,10H,6-9H2,1H3. The van der Waals surface area contributed by atoms with Crippen LogP contribution in [0.15, 0.2) is 30.3 Å². The molecule has 3 rings (SSSR count). The molecule has 0 N–H and O–H groups in total. The molecule has 1 fully saturated rings. The molecule has 1 aromatic carbocycles. The van der Waals surface area contributed by atoms with Gasteiger partial charge in [0, 0.05) is 24.3 Å². The minimum atomic E-state index is 0.412. The van der Waals surface area contributed by atoms with Gasteiger partial charge in [0.2, 0.25) is 0 Å². The van der Waals surface area contributed by atoms with Crippen molar-refractivity contribution in [2.24, 2.45) is 0 Å². The van der Waals surface area contributed by atoms with Crippen molar-refractivity contribution in [3.8, 4) is 11.3 Å². The second kappa shape index (κ2) is 5.77. The highest BCUT2D eigenvalue weighted by Gasteiger charge is 2.13. The van der Waals surface area contributed by atoms with E-state index in [4.69, 9.17) is 16.3 Å². The average molecular weight is 290 g/mol. The third-order valence-electron chi connectivity index (χ3n) is 3.48. The molecule has 0 saturated carbocycles. The van der Waals surface area contributed by atoms with E-state index in [-0.39, 0.29) is 0 Å². The summed E-state index contributed by atoms with van der Waals surface area (Å²) in [5.41, 5.74) is 4.40. The first-order valence-electron chi connectivity index (χ1n) is 6.67. The smallest absolute Gasteiger partial charge is 0.151 e. The van der Waals surface area contributed by atoms with Crippen molar-refractivity contribution in [1.29, 1.82) is 0 Å². The molecular weight excluding hydrogens is 274 g/mol. The summed E-state index contributed by atoms with van der Waals surface area (Å²) in [5, 5.41) is 8.41. The maximum absolute atomic E-state index is 5.77. The minimum absolute atomic E-state index is 0.412. The molecular formula is C15H16ClN3O. The van der Waals surface area contributed by atoms with Crippen LogP contribution in [-0.4, -0.2) is 36.5 Å². The summed E-state index contributed by atoms with van der Waals surface area (Å²) in [7, 11) is 0. The molecule has 2 heterocycles. The van der Waals surface area contributed by atoms with E-state index in [9.17, 15) is 0 Å². The molecule has 20 heavy (non-hydrogen) atoms. The Morgan fingerprint density at radius 1 is 1.10 bits per heavy atom. The summed E-state index contributed by atoms with van der Waals surface area (Å²) < 4.78 is 5.39. The zero-order valence-corrected chi connectivity index (χ0v) is 12.1. The topological polar surface area (TPSA) is 38.2 Å². The lowest BCUT2D eigenvalue weighted by Crippen LogP contribution is -2.36. The molecule has 5 heteroatoms. The molecule has 0 bridgehead atoms. The van der Waals surface area contributed by atoms with Crippen LogP contribution in [0, 0.1) is 6.92 Å². The molecule has 0 amide bonds.